The van der Waals surface area contributed by atoms with Crippen LogP contribution in [0.4, 0.5) is 0 Å². The molecular weight excluding hydrogens is 208 g/mol. The van der Waals surface area contributed by atoms with Crippen molar-refractivity contribution in [3.8, 4) is 0 Å². The molecule has 1 aromatic heterocycles. The Morgan fingerprint density at radius 3 is 2.57 bits per heavy atom. The van der Waals surface area contributed by atoms with Gasteiger partial charge in [-0.05, 0) is 13.8 Å². The fourth-order valence-electron chi connectivity index (χ4n) is 0.996. The van der Waals surface area contributed by atoms with E-state index in [0.29, 0.717) is 0 Å². The zero-order valence-electron chi connectivity index (χ0n) is 7.82. The number of aromatic amines is 1. The zero-order chi connectivity index (χ0) is 10.9. The molecular formula is C8H11ClN2O3. The molecule has 6 heteroatoms. The van der Waals surface area contributed by atoms with Gasteiger partial charge in [-0.25, -0.2) is 4.79 Å². The molecule has 0 radical (unpaired) electrons. The van der Waals surface area contributed by atoms with E-state index in [2.05, 4.69) is 4.98 Å². The highest BCUT2D eigenvalue weighted by Gasteiger charge is 2.13. The van der Waals surface area contributed by atoms with Crippen molar-refractivity contribution in [2.45, 2.75) is 26.0 Å². The number of nitrogens with one attached hydrogen (secondary N) is 1. The molecule has 0 spiro atoms. The van der Waals surface area contributed by atoms with E-state index >= 15 is 0 Å². The highest BCUT2D eigenvalue weighted by atomic mass is 35.5. The maximum absolute atomic E-state index is 11.3. The van der Waals surface area contributed by atoms with Gasteiger partial charge in [0.05, 0.1) is 12.1 Å². The third-order valence-corrected chi connectivity index (χ3v) is 2.33. The van der Waals surface area contributed by atoms with E-state index in [0.717, 1.165) is 0 Å². The molecule has 0 saturated heterocycles. The van der Waals surface area contributed by atoms with Crippen LogP contribution < -0.4 is 11.2 Å². The Kier molecular flexibility index (Phi) is 3.13. The van der Waals surface area contributed by atoms with Crippen molar-refractivity contribution < 1.29 is 5.11 Å². The Morgan fingerprint density at radius 2 is 2.07 bits per heavy atom. The number of halogens is 1. The summed E-state index contributed by atoms with van der Waals surface area (Å²) in [5.41, 5.74) is -1.20. The van der Waals surface area contributed by atoms with Gasteiger partial charge in [0.15, 0.2) is 0 Å². The minimum atomic E-state index is -0.699. The number of rotatable bonds is 2. The molecule has 0 bridgehead atoms. The molecule has 2 N–H and O–H groups in total. The van der Waals surface area contributed by atoms with Crippen molar-refractivity contribution in [3.05, 3.63) is 32.1 Å². The van der Waals surface area contributed by atoms with Gasteiger partial charge in [-0.2, -0.15) is 0 Å². The number of aromatic nitrogens is 2. The monoisotopic (exact) mass is 218 g/mol. The van der Waals surface area contributed by atoms with E-state index in [1.165, 1.54) is 10.8 Å². The Hall–Kier alpha value is -1.07. The largest absolute Gasteiger partial charge is 0.391 e. The summed E-state index contributed by atoms with van der Waals surface area (Å²) >= 11 is 5.55. The SMILES string of the molecule is CC(O)C(C)n1cc(Cl)c(=O)[nH]c1=O. The van der Waals surface area contributed by atoms with E-state index < -0.39 is 23.4 Å². The summed E-state index contributed by atoms with van der Waals surface area (Å²) in [6.07, 6.45) is 0.523. The van der Waals surface area contributed by atoms with Gasteiger partial charge in [0.25, 0.3) is 5.56 Å². The summed E-state index contributed by atoms with van der Waals surface area (Å²) in [4.78, 5) is 24.2. The van der Waals surface area contributed by atoms with Crippen molar-refractivity contribution in [1.29, 1.82) is 0 Å². The maximum atomic E-state index is 11.3. The van der Waals surface area contributed by atoms with Crippen LogP contribution in [-0.2, 0) is 0 Å². The van der Waals surface area contributed by atoms with Crippen LogP contribution in [0.5, 0.6) is 0 Å². The normalized spacial score (nSPS) is 15.1. The quantitative estimate of drug-likeness (QED) is 0.741. The summed E-state index contributed by atoms with van der Waals surface area (Å²) in [7, 11) is 0. The Balaban J connectivity index is 3.30. The fraction of sp³-hybridized carbons (Fsp3) is 0.500. The van der Waals surface area contributed by atoms with Gasteiger partial charge in [-0.3, -0.25) is 14.3 Å². The van der Waals surface area contributed by atoms with Gasteiger partial charge in [-0.15, -0.1) is 0 Å². The maximum Gasteiger partial charge on any atom is 0.328 e. The molecule has 0 aliphatic rings. The summed E-state index contributed by atoms with van der Waals surface area (Å²) in [5, 5.41) is 9.19. The number of hydrogen-bond acceptors (Lipinski definition) is 3. The van der Waals surface area contributed by atoms with Crippen molar-refractivity contribution in [3.63, 3.8) is 0 Å². The Bertz CT molecular complexity index is 435. The van der Waals surface area contributed by atoms with Crippen LogP contribution >= 0.6 is 11.6 Å². The lowest BCUT2D eigenvalue weighted by atomic mass is 10.2. The first-order valence-corrected chi connectivity index (χ1v) is 4.50. The van der Waals surface area contributed by atoms with Crippen LogP contribution in [0.25, 0.3) is 0 Å². The average molecular weight is 219 g/mol. The molecule has 14 heavy (non-hydrogen) atoms. The highest BCUT2D eigenvalue weighted by molar-refractivity contribution is 6.30. The standard InChI is InChI=1S/C8H11ClN2O3/c1-4(5(2)12)11-3-6(9)7(13)10-8(11)14/h3-5,12H,1-2H3,(H,10,13,14). The second kappa shape index (κ2) is 3.98. The molecule has 2 unspecified atom stereocenters. The topological polar surface area (TPSA) is 75.1 Å². The van der Waals surface area contributed by atoms with Gasteiger partial charge in [-0.1, -0.05) is 11.6 Å². The number of H-pyrrole nitrogens is 1. The summed E-state index contributed by atoms with van der Waals surface area (Å²) in [5.74, 6) is 0. The molecule has 0 aliphatic carbocycles. The van der Waals surface area contributed by atoms with Crippen LogP contribution in [-0.4, -0.2) is 20.8 Å². The molecule has 0 aliphatic heterocycles. The van der Waals surface area contributed by atoms with Crippen molar-refractivity contribution in [2.75, 3.05) is 0 Å². The lowest BCUT2D eigenvalue weighted by molar-refractivity contribution is 0.136. The van der Waals surface area contributed by atoms with Crippen LogP contribution in [0.3, 0.4) is 0 Å². The van der Waals surface area contributed by atoms with Crippen LogP contribution in [0, 0.1) is 0 Å². The van der Waals surface area contributed by atoms with Crippen LogP contribution in [0.15, 0.2) is 15.8 Å². The lowest BCUT2D eigenvalue weighted by Gasteiger charge is -2.17. The summed E-state index contributed by atoms with van der Waals surface area (Å²) in [6, 6.07) is -0.433. The van der Waals surface area contributed by atoms with Gasteiger partial charge in [0.1, 0.15) is 5.02 Å². The molecule has 1 heterocycles. The van der Waals surface area contributed by atoms with Crippen LogP contribution in [0.1, 0.15) is 19.9 Å². The number of aliphatic hydroxyl groups is 1. The first-order chi connectivity index (χ1) is 6.43. The van der Waals surface area contributed by atoms with Gasteiger partial charge in [0.2, 0.25) is 0 Å². The van der Waals surface area contributed by atoms with Crippen molar-refractivity contribution in [1.82, 2.24) is 9.55 Å². The number of aliphatic hydroxyl groups excluding tert-OH is 1. The minimum Gasteiger partial charge on any atom is -0.391 e. The molecule has 0 saturated carbocycles. The third kappa shape index (κ3) is 2.05. The second-order valence-electron chi connectivity index (χ2n) is 3.12. The van der Waals surface area contributed by atoms with E-state index in [1.807, 2.05) is 0 Å². The number of nitrogens with zero attached hydrogens (tertiary/aromatic N) is 1. The second-order valence-corrected chi connectivity index (χ2v) is 3.53. The van der Waals surface area contributed by atoms with E-state index in [9.17, 15) is 14.7 Å². The molecule has 5 nitrogen and oxygen atoms in total. The highest BCUT2D eigenvalue weighted by Crippen LogP contribution is 2.08. The first kappa shape index (κ1) is 11.0. The predicted molar refractivity (Wildman–Crippen MR) is 52.7 cm³/mol. The van der Waals surface area contributed by atoms with E-state index in [-0.39, 0.29) is 5.02 Å². The summed E-state index contributed by atoms with van der Waals surface area (Å²) in [6.45, 7) is 3.21. The molecule has 78 valence electrons. The Labute approximate surface area is 85.0 Å². The average Bonchev–Trinajstić information content (AvgIpc) is 2.10. The van der Waals surface area contributed by atoms with Gasteiger partial charge < -0.3 is 5.11 Å². The predicted octanol–water partition coefficient (Wildman–Crippen LogP) is 0.132. The Morgan fingerprint density at radius 1 is 1.50 bits per heavy atom. The van der Waals surface area contributed by atoms with Gasteiger partial charge in [0, 0.05) is 6.20 Å². The zero-order valence-corrected chi connectivity index (χ0v) is 8.58. The lowest BCUT2D eigenvalue weighted by Crippen LogP contribution is -2.34. The van der Waals surface area contributed by atoms with E-state index in [1.54, 1.807) is 13.8 Å². The van der Waals surface area contributed by atoms with E-state index in [4.69, 9.17) is 11.6 Å². The molecule has 1 rings (SSSR count). The van der Waals surface area contributed by atoms with Crippen molar-refractivity contribution in [2.24, 2.45) is 0 Å². The fourth-order valence-corrected chi connectivity index (χ4v) is 1.15. The molecule has 0 aromatic carbocycles. The van der Waals surface area contributed by atoms with Crippen molar-refractivity contribution >= 4 is 11.6 Å². The summed E-state index contributed by atoms with van der Waals surface area (Å²) < 4.78 is 1.19. The first-order valence-electron chi connectivity index (χ1n) is 4.12. The molecule has 0 amide bonds. The van der Waals surface area contributed by atoms with Crippen LogP contribution in [0.2, 0.25) is 5.02 Å². The molecule has 0 fully saturated rings. The smallest absolute Gasteiger partial charge is 0.328 e. The number of hydrogen-bond donors (Lipinski definition) is 2. The third-order valence-electron chi connectivity index (χ3n) is 2.06. The molecule has 2 atom stereocenters. The van der Waals surface area contributed by atoms with Gasteiger partial charge >= 0.3 is 5.69 Å². The minimum absolute atomic E-state index is 0.0721. The molecule has 1 aromatic rings.